The fourth-order valence-electron chi connectivity index (χ4n) is 2.81. The lowest BCUT2D eigenvalue weighted by Crippen LogP contribution is -2.04. The molecule has 2 aromatic carbocycles. The summed E-state index contributed by atoms with van der Waals surface area (Å²) in [6, 6.07) is 12.4. The maximum Gasteiger partial charge on any atom is 0.188 e. The first-order chi connectivity index (χ1) is 12.7. The molecule has 2 aromatic rings. The van der Waals surface area contributed by atoms with Crippen molar-refractivity contribution in [2.45, 2.75) is 26.2 Å². The Morgan fingerprint density at radius 3 is 1.88 bits per heavy atom. The first kappa shape index (κ1) is 20.0. The lowest BCUT2D eigenvalue weighted by Gasteiger charge is -2.17. The van der Waals surface area contributed by atoms with E-state index in [0.717, 1.165) is 41.9 Å². The second kappa shape index (κ2) is 10.6. The summed E-state index contributed by atoms with van der Waals surface area (Å²) >= 11 is 0. The van der Waals surface area contributed by atoms with Gasteiger partial charge in [-0.05, 0) is 48.2 Å². The average molecular weight is 356 g/mol. The van der Waals surface area contributed by atoms with E-state index in [1.807, 2.05) is 24.3 Å². The standard InChI is InChI=1S/C22H28O4/c1-5-7-17-9-11-21(25-15-23-3)19(13-17)20-14-18(8-6-2)10-12-22(20)26-16-24-4/h5,9-14H,1,6-8,15-16H2,2-4H3. The van der Waals surface area contributed by atoms with Crippen LogP contribution in [0.1, 0.15) is 24.5 Å². The number of ether oxygens (including phenoxy) is 4. The van der Waals surface area contributed by atoms with Crippen LogP contribution in [0.15, 0.2) is 49.1 Å². The van der Waals surface area contributed by atoms with Gasteiger partial charge in [0.2, 0.25) is 0 Å². The molecule has 0 aliphatic carbocycles. The Morgan fingerprint density at radius 2 is 1.38 bits per heavy atom. The fraction of sp³-hybridized carbons (Fsp3) is 0.364. The van der Waals surface area contributed by atoms with E-state index in [0.29, 0.717) is 0 Å². The Hall–Kier alpha value is -2.30. The molecule has 140 valence electrons. The molecule has 0 aromatic heterocycles. The zero-order chi connectivity index (χ0) is 18.8. The molecule has 0 bridgehead atoms. The van der Waals surface area contributed by atoms with Crippen LogP contribution in [0.5, 0.6) is 11.5 Å². The van der Waals surface area contributed by atoms with Crippen LogP contribution in [-0.4, -0.2) is 27.8 Å². The zero-order valence-electron chi connectivity index (χ0n) is 15.9. The molecule has 26 heavy (non-hydrogen) atoms. The maximum atomic E-state index is 5.80. The van der Waals surface area contributed by atoms with Crippen molar-refractivity contribution in [3.63, 3.8) is 0 Å². The lowest BCUT2D eigenvalue weighted by molar-refractivity contribution is 0.0500. The smallest absolute Gasteiger partial charge is 0.188 e. The van der Waals surface area contributed by atoms with Gasteiger partial charge in [-0.25, -0.2) is 0 Å². The molecular formula is C22H28O4. The predicted octanol–water partition coefficient (Wildman–Crippen LogP) is 5.00. The van der Waals surface area contributed by atoms with Crippen molar-refractivity contribution in [2.24, 2.45) is 0 Å². The first-order valence-corrected chi connectivity index (χ1v) is 8.84. The van der Waals surface area contributed by atoms with Crippen LogP contribution in [-0.2, 0) is 22.3 Å². The summed E-state index contributed by atoms with van der Waals surface area (Å²) in [6.45, 7) is 6.39. The third-order valence-electron chi connectivity index (χ3n) is 3.96. The van der Waals surface area contributed by atoms with Crippen LogP contribution in [0.2, 0.25) is 0 Å². The van der Waals surface area contributed by atoms with Crippen molar-refractivity contribution in [1.82, 2.24) is 0 Å². The fourth-order valence-corrected chi connectivity index (χ4v) is 2.81. The largest absolute Gasteiger partial charge is 0.467 e. The predicted molar refractivity (Wildman–Crippen MR) is 105 cm³/mol. The molecule has 0 aliphatic heterocycles. The number of hydrogen-bond acceptors (Lipinski definition) is 4. The highest BCUT2D eigenvalue weighted by atomic mass is 16.7. The normalized spacial score (nSPS) is 10.6. The molecule has 2 rings (SSSR count). The molecule has 0 fully saturated rings. The molecule has 4 heteroatoms. The van der Waals surface area contributed by atoms with Gasteiger partial charge in [0.1, 0.15) is 11.5 Å². The number of benzene rings is 2. The van der Waals surface area contributed by atoms with Gasteiger partial charge in [0, 0.05) is 25.3 Å². The molecule has 0 radical (unpaired) electrons. The third kappa shape index (κ3) is 5.35. The number of methoxy groups -OCH3 is 2. The minimum absolute atomic E-state index is 0.191. The second-order valence-corrected chi connectivity index (χ2v) is 6.01. The SMILES string of the molecule is C=CCc1ccc(OCOC)c(-c2cc(CCC)ccc2OCOC)c1. The molecule has 0 saturated heterocycles. The van der Waals surface area contributed by atoms with Crippen molar-refractivity contribution in [2.75, 3.05) is 27.8 Å². The molecule has 0 heterocycles. The van der Waals surface area contributed by atoms with Crippen LogP contribution in [0, 0.1) is 0 Å². The summed E-state index contributed by atoms with van der Waals surface area (Å²) in [4.78, 5) is 0. The van der Waals surface area contributed by atoms with Gasteiger partial charge >= 0.3 is 0 Å². The quantitative estimate of drug-likeness (QED) is 0.419. The van der Waals surface area contributed by atoms with Gasteiger partial charge in [-0.1, -0.05) is 31.6 Å². The van der Waals surface area contributed by atoms with Crippen LogP contribution >= 0.6 is 0 Å². The van der Waals surface area contributed by atoms with Gasteiger partial charge in [0.05, 0.1) is 0 Å². The Labute approximate surface area is 156 Å². The van der Waals surface area contributed by atoms with E-state index in [-0.39, 0.29) is 13.6 Å². The van der Waals surface area contributed by atoms with Gasteiger partial charge in [-0.3, -0.25) is 0 Å². The Morgan fingerprint density at radius 1 is 0.846 bits per heavy atom. The van der Waals surface area contributed by atoms with Crippen molar-refractivity contribution in [1.29, 1.82) is 0 Å². The van der Waals surface area contributed by atoms with E-state index in [9.17, 15) is 0 Å². The number of hydrogen-bond donors (Lipinski definition) is 0. The van der Waals surface area contributed by atoms with Crippen molar-refractivity contribution >= 4 is 0 Å². The Bertz CT molecular complexity index is 709. The summed E-state index contributed by atoms with van der Waals surface area (Å²) in [5, 5.41) is 0. The second-order valence-electron chi connectivity index (χ2n) is 6.01. The average Bonchev–Trinajstić information content (AvgIpc) is 2.66. The number of aryl methyl sites for hydroxylation is 1. The molecule has 4 nitrogen and oxygen atoms in total. The Balaban J connectivity index is 2.55. The van der Waals surface area contributed by atoms with Crippen LogP contribution in [0.25, 0.3) is 11.1 Å². The highest BCUT2D eigenvalue weighted by Crippen LogP contribution is 2.38. The molecule has 0 N–H and O–H groups in total. The zero-order valence-corrected chi connectivity index (χ0v) is 15.9. The van der Waals surface area contributed by atoms with Gasteiger partial charge < -0.3 is 18.9 Å². The van der Waals surface area contributed by atoms with Crippen molar-refractivity contribution in [3.05, 3.63) is 60.2 Å². The molecule has 0 saturated carbocycles. The summed E-state index contributed by atoms with van der Waals surface area (Å²) < 4.78 is 21.8. The van der Waals surface area contributed by atoms with Gasteiger partial charge in [0.15, 0.2) is 13.6 Å². The topological polar surface area (TPSA) is 36.9 Å². The Kier molecular flexibility index (Phi) is 8.19. The molecule has 0 amide bonds. The molecule has 0 unspecified atom stereocenters. The highest BCUT2D eigenvalue weighted by Gasteiger charge is 2.14. The van der Waals surface area contributed by atoms with E-state index in [4.69, 9.17) is 18.9 Å². The summed E-state index contributed by atoms with van der Waals surface area (Å²) in [5.41, 5.74) is 4.40. The van der Waals surface area contributed by atoms with Crippen LogP contribution in [0.3, 0.4) is 0 Å². The van der Waals surface area contributed by atoms with E-state index < -0.39 is 0 Å². The van der Waals surface area contributed by atoms with Gasteiger partial charge in [-0.2, -0.15) is 0 Å². The van der Waals surface area contributed by atoms with E-state index in [1.54, 1.807) is 14.2 Å². The van der Waals surface area contributed by atoms with E-state index in [2.05, 4.69) is 31.7 Å². The summed E-state index contributed by atoms with van der Waals surface area (Å²) in [5.74, 6) is 1.53. The van der Waals surface area contributed by atoms with Crippen LogP contribution < -0.4 is 9.47 Å². The maximum absolute atomic E-state index is 5.80. The lowest BCUT2D eigenvalue weighted by atomic mass is 9.97. The van der Waals surface area contributed by atoms with Gasteiger partial charge in [-0.15, -0.1) is 6.58 Å². The first-order valence-electron chi connectivity index (χ1n) is 8.84. The summed E-state index contributed by atoms with van der Waals surface area (Å²) in [6.07, 6.45) is 4.78. The molecule has 0 atom stereocenters. The van der Waals surface area contributed by atoms with E-state index >= 15 is 0 Å². The molecule has 0 spiro atoms. The van der Waals surface area contributed by atoms with E-state index in [1.165, 1.54) is 11.1 Å². The number of rotatable bonds is 11. The van der Waals surface area contributed by atoms with Crippen molar-refractivity contribution in [3.8, 4) is 22.6 Å². The van der Waals surface area contributed by atoms with Crippen molar-refractivity contribution < 1.29 is 18.9 Å². The molecule has 0 aliphatic rings. The molecular weight excluding hydrogens is 328 g/mol. The monoisotopic (exact) mass is 356 g/mol. The summed E-state index contributed by atoms with van der Waals surface area (Å²) in [7, 11) is 3.23. The van der Waals surface area contributed by atoms with Gasteiger partial charge in [0.25, 0.3) is 0 Å². The minimum Gasteiger partial charge on any atom is -0.467 e. The third-order valence-corrected chi connectivity index (χ3v) is 3.96. The minimum atomic E-state index is 0.191. The van der Waals surface area contributed by atoms with Crippen LogP contribution in [0.4, 0.5) is 0 Å². The number of allylic oxidation sites excluding steroid dienone is 1. The highest BCUT2D eigenvalue weighted by molar-refractivity contribution is 5.77.